The molecule has 1 aliphatic rings. The molecule has 1 aliphatic carbocycles. The zero-order chi connectivity index (χ0) is 19.4. The first-order chi connectivity index (χ1) is 12.8. The van der Waals surface area contributed by atoms with Gasteiger partial charge in [0.25, 0.3) is 0 Å². The first-order valence-corrected chi connectivity index (χ1v) is 9.04. The van der Waals surface area contributed by atoms with Gasteiger partial charge in [-0.2, -0.15) is 13.2 Å². The minimum absolute atomic E-state index is 0.0722. The lowest BCUT2D eigenvalue weighted by Gasteiger charge is -2.22. The topological polar surface area (TPSA) is 32.3 Å². The number of carbonyl (C=O) groups excluding carboxylic acids is 1. The van der Waals surface area contributed by atoms with E-state index in [9.17, 15) is 18.0 Å². The van der Waals surface area contributed by atoms with Gasteiger partial charge in [0, 0.05) is 19.1 Å². The van der Waals surface area contributed by atoms with Gasteiger partial charge in [-0.25, -0.2) is 0 Å². The van der Waals surface area contributed by atoms with Crippen LogP contribution in [0.2, 0.25) is 0 Å². The van der Waals surface area contributed by atoms with Crippen LogP contribution < -0.4 is 5.32 Å². The van der Waals surface area contributed by atoms with E-state index in [1.54, 1.807) is 0 Å². The van der Waals surface area contributed by atoms with E-state index in [-0.39, 0.29) is 12.5 Å². The third-order valence-corrected chi connectivity index (χ3v) is 4.81. The Balaban J connectivity index is 1.56. The molecule has 2 aromatic carbocycles. The van der Waals surface area contributed by atoms with E-state index < -0.39 is 11.7 Å². The van der Waals surface area contributed by atoms with Crippen molar-refractivity contribution in [3.8, 4) is 0 Å². The van der Waals surface area contributed by atoms with Gasteiger partial charge in [-0.1, -0.05) is 36.4 Å². The molecule has 2 aromatic rings. The number of hydrogen-bond acceptors (Lipinski definition) is 2. The highest BCUT2D eigenvalue weighted by molar-refractivity contribution is 5.78. The summed E-state index contributed by atoms with van der Waals surface area (Å²) in [5.74, 6) is -0.0722. The molecule has 0 bridgehead atoms. The lowest BCUT2D eigenvalue weighted by molar-refractivity contribution is -0.137. The normalized spacial score (nSPS) is 14.4. The predicted molar refractivity (Wildman–Crippen MR) is 97.9 cm³/mol. The fourth-order valence-electron chi connectivity index (χ4n) is 3.03. The van der Waals surface area contributed by atoms with Crippen molar-refractivity contribution in [2.24, 2.45) is 0 Å². The van der Waals surface area contributed by atoms with Crippen LogP contribution in [0, 0.1) is 6.92 Å². The molecule has 144 valence electrons. The second kappa shape index (κ2) is 8.13. The summed E-state index contributed by atoms with van der Waals surface area (Å²) < 4.78 is 38.0. The van der Waals surface area contributed by atoms with E-state index in [0.717, 1.165) is 41.7 Å². The number of alkyl halides is 3. The number of nitrogens with one attached hydrogen (secondary N) is 1. The van der Waals surface area contributed by atoms with Crippen molar-refractivity contribution in [3.63, 3.8) is 0 Å². The molecular weight excluding hydrogens is 353 g/mol. The van der Waals surface area contributed by atoms with Crippen LogP contribution >= 0.6 is 0 Å². The van der Waals surface area contributed by atoms with E-state index in [2.05, 4.69) is 5.32 Å². The number of hydrogen-bond donors (Lipinski definition) is 1. The van der Waals surface area contributed by atoms with E-state index in [4.69, 9.17) is 0 Å². The average molecular weight is 376 g/mol. The monoisotopic (exact) mass is 376 g/mol. The molecule has 0 atom stereocenters. The van der Waals surface area contributed by atoms with Gasteiger partial charge in [0.05, 0.1) is 12.1 Å². The quantitative estimate of drug-likeness (QED) is 0.782. The average Bonchev–Trinajstić information content (AvgIpc) is 3.45. The second-order valence-electron chi connectivity index (χ2n) is 7.03. The molecule has 1 amide bonds. The molecule has 27 heavy (non-hydrogen) atoms. The maximum absolute atomic E-state index is 12.7. The minimum atomic E-state index is -4.33. The fourth-order valence-corrected chi connectivity index (χ4v) is 3.03. The van der Waals surface area contributed by atoms with Crippen LogP contribution in [0.1, 0.15) is 35.1 Å². The summed E-state index contributed by atoms with van der Waals surface area (Å²) >= 11 is 0. The van der Waals surface area contributed by atoms with Crippen LogP contribution in [0.15, 0.2) is 48.5 Å². The molecule has 1 saturated carbocycles. The zero-order valence-corrected chi connectivity index (χ0v) is 15.2. The third kappa shape index (κ3) is 5.57. The largest absolute Gasteiger partial charge is 0.416 e. The van der Waals surface area contributed by atoms with Crippen LogP contribution in [-0.4, -0.2) is 23.4 Å². The van der Waals surface area contributed by atoms with Gasteiger partial charge in [-0.15, -0.1) is 0 Å². The van der Waals surface area contributed by atoms with Crippen molar-refractivity contribution in [3.05, 3.63) is 70.8 Å². The van der Waals surface area contributed by atoms with Crippen molar-refractivity contribution in [1.29, 1.82) is 0 Å². The molecule has 0 spiro atoms. The number of rotatable bonds is 7. The highest BCUT2D eigenvalue weighted by atomic mass is 19.4. The Kier molecular flexibility index (Phi) is 5.85. The number of halogens is 3. The SMILES string of the molecule is Cc1ccccc1CNC(=O)CN(Cc1ccc(C(F)(F)F)cc1)C1CC1. The Morgan fingerprint density at radius 3 is 2.37 bits per heavy atom. The summed E-state index contributed by atoms with van der Waals surface area (Å²) in [6.07, 6.45) is -2.29. The van der Waals surface area contributed by atoms with E-state index in [0.29, 0.717) is 19.1 Å². The lowest BCUT2D eigenvalue weighted by atomic mass is 10.1. The summed E-state index contributed by atoms with van der Waals surface area (Å²) in [6.45, 7) is 3.20. The number of amides is 1. The zero-order valence-electron chi connectivity index (χ0n) is 15.2. The van der Waals surface area contributed by atoms with Gasteiger partial charge in [0.1, 0.15) is 0 Å². The first kappa shape index (κ1) is 19.4. The lowest BCUT2D eigenvalue weighted by Crippen LogP contribution is -2.38. The van der Waals surface area contributed by atoms with Gasteiger partial charge >= 0.3 is 6.18 Å². The van der Waals surface area contributed by atoms with Gasteiger partial charge in [-0.05, 0) is 48.6 Å². The fraction of sp³-hybridized carbons (Fsp3) is 0.381. The predicted octanol–water partition coefficient (Wildman–Crippen LogP) is 4.29. The molecular formula is C21H23F3N2O. The molecule has 0 unspecified atom stereocenters. The molecule has 0 saturated heterocycles. The van der Waals surface area contributed by atoms with Crippen molar-refractivity contribution in [1.82, 2.24) is 10.2 Å². The highest BCUT2D eigenvalue weighted by Gasteiger charge is 2.32. The van der Waals surface area contributed by atoms with Gasteiger partial charge in [0.2, 0.25) is 5.91 Å². The number of benzene rings is 2. The van der Waals surface area contributed by atoms with Gasteiger partial charge < -0.3 is 5.32 Å². The molecule has 0 aliphatic heterocycles. The van der Waals surface area contributed by atoms with Crippen molar-refractivity contribution >= 4 is 5.91 Å². The smallest absolute Gasteiger partial charge is 0.351 e. The van der Waals surface area contributed by atoms with Crippen LogP contribution in [-0.2, 0) is 24.1 Å². The Morgan fingerprint density at radius 1 is 1.11 bits per heavy atom. The van der Waals surface area contributed by atoms with Crippen molar-refractivity contribution < 1.29 is 18.0 Å². The molecule has 3 nitrogen and oxygen atoms in total. The third-order valence-electron chi connectivity index (χ3n) is 4.81. The number of nitrogens with zero attached hydrogens (tertiary/aromatic N) is 1. The number of aryl methyl sites for hydroxylation is 1. The van der Waals surface area contributed by atoms with Crippen LogP contribution in [0.5, 0.6) is 0 Å². The van der Waals surface area contributed by atoms with Crippen LogP contribution in [0.3, 0.4) is 0 Å². The molecule has 6 heteroatoms. The van der Waals surface area contributed by atoms with Gasteiger partial charge in [0.15, 0.2) is 0 Å². The summed E-state index contributed by atoms with van der Waals surface area (Å²) in [5.41, 5.74) is 2.33. The highest BCUT2D eigenvalue weighted by Crippen LogP contribution is 2.31. The maximum atomic E-state index is 12.7. The maximum Gasteiger partial charge on any atom is 0.416 e. The first-order valence-electron chi connectivity index (χ1n) is 9.04. The van der Waals surface area contributed by atoms with E-state index in [1.165, 1.54) is 12.1 Å². The molecule has 1 N–H and O–H groups in total. The summed E-state index contributed by atoms with van der Waals surface area (Å²) in [7, 11) is 0. The summed E-state index contributed by atoms with van der Waals surface area (Å²) in [6, 6.07) is 13.4. The van der Waals surface area contributed by atoms with Gasteiger partial charge in [-0.3, -0.25) is 9.69 Å². The Bertz CT molecular complexity index is 783. The number of carbonyl (C=O) groups is 1. The molecule has 3 rings (SSSR count). The van der Waals surface area contributed by atoms with Crippen molar-refractivity contribution in [2.75, 3.05) is 6.54 Å². The Labute approximate surface area is 157 Å². The van der Waals surface area contributed by atoms with Crippen LogP contribution in [0.25, 0.3) is 0 Å². The Hall–Kier alpha value is -2.34. The summed E-state index contributed by atoms with van der Waals surface area (Å²) in [5, 5.41) is 2.94. The van der Waals surface area contributed by atoms with E-state index >= 15 is 0 Å². The Morgan fingerprint density at radius 2 is 1.78 bits per heavy atom. The molecule has 0 radical (unpaired) electrons. The molecule has 1 fully saturated rings. The second-order valence-corrected chi connectivity index (χ2v) is 7.03. The molecule has 0 aromatic heterocycles. The van der Waals surface area contributed by atoms with E-state index in [1.807, 2.05) is 36.1 Å². The standard InChI is InChI=1S/C21H23F3N2O/c1-15-4-2-3-5-17(15)12-25-20(27)14-26(19-10-11-19)13-16-6-8-18(9-7-16)21(22,23)24/h2-9,19H,10-14H2,1H3,(H,25,27). The van der Waals surface area contributed by atoms with Crippen LogP contribution in [0.4, 0.5) is 13.2 Å². The summed E-state index contributed by atoms with van der Waals surface area (Å²) in [4.78, 5) is 14.4. The van der Waals surface area contributed by atoms with Crippen molar-refractivity contribution in [2.45, 2.75) is 45.1 Å². The minimum Gasteiger partial charge on any atom is -0.351 e. The molecule has 0 heterocycles.